The van der Waals surface area contributed by atoms with E-state index in [0.717, 1.165) is 16.6 Å². The lowest BCUT2D eigenvalue weighted by Crippen LogP contribution is -2.26. The smallest absolute Gasteiger partial charge is 0.346 e. The number of nitrogens with one attached hydrogen (secondary N) is 1. The van der Waals surface area contributed by atoms with E-state index in [1.54, 1.807) is 26.0 Å². The molecule has 0 amide bonds. The number of nitriles is 1. The molecule has 0 unspecified atom stereocenters. The minimum atomic E-state index is -0.856. The number of aromatic nitrogens is 3. The Morgan fingerprint density at radius 1 is 1.18 bits per heavy atom. The minimum absolute atomic E-state index is 0.0355. The number of aryl methyl sites for hydroxylation is 1. The molecule has 7 nitrogen and oxygen atoms in total. The van der Waals surface area contributed by atoms with Crippen molar-refractivity contribution in [2.45, 2.75) is 20.3 Å². The van der Waals surface area contributed by atoms with E-state index < -0.39 is 23.2 Å². The fraction of sp³-hybridized carbons (Fsp3) is 0.167. The summed E-state index contributed by atoms with van der Waals surface area (Å²) in [5, 5.41) is 12.0. The topological polar surface area (TPSA) is 100 Å². The van der Waals surface area contributed by atoms with Crippen LogP contribution in [-0.4, -0.2) is 27.2 Å². The Labute approximate surface area is 186 Å². The van der Waals surface area contributed by atoms with Gasteiger partial charge < -0.3 is 4.74 Å². The second kappa shape index (κ2) is 8.67. The fourth-order valence-corrected chi connectivity index (χ4v) is 3.65. The minimum Gasteiger partial charge on any atom is -0.462 e. The molecule has 2 aromatic heterocycles. The first kappa shape index (κ1) is 21.9. The maximum Gasteiger partial charge on any atom is 0.346 e. The van der Waals surface area contributed by atoms with E-state index in [1.165, 1.54) is 18.2 Å². The van der Waals surface area contributed by atoms with E-state index in [0.29, 0.717) is 23.2 Å². The Kier molecular flexibility index (Phi) is 5.75. The van der Waals surface area contributed by atoms with Crippen molar-refractivity contribution in [1.82, 2.24) is 14.6 Å². The first-order chi connectivity index (χ1) is 15.9. The molecule has 0 aliphatic rings. The van der Waals surface area contributed by atoms with Crippen molar-refractivity contribution in [3.8, 4) is 28.5 Å². The predicted octanol–water partition coefficient (Wildman–Crippen LogP) is 4.25. The summed E-state index contributed by atoms with van der Waals surface area (Å²) in [5.74, 6) is -2.40. The van der Waals surface area contributed by atoms with Gasteiger partial charge in [0, 0.05) is 22.9 Å². The summed E-state index contributed by atoms with van der Waals surface area (Å²) >= 11 is 0. The van der Waals surface area contributed by atoms with Crippen LogP contribution < -0.4 is 5.56 Å². The van der Waals surface area contributed by atoms with Crippen LogP contribution in [0.15, 0.2) is 47.3 Å². The molecule has 0 bridgehead atoms. The van der Waals surface area contributed by atoms with Crippen molar-refractivity contribution in [2.75, 3.05) is 6.61 Å². The summed E-state index contributed by atoms with van der Waals surface area (Å²) in [6, 6.07) is 11.3. The Balaban J connectivity index is 2.10. The molecule has 0 spiro atoms. The first-order valence-corrected chi connectivity index (χ1v) is 10.2. The third-order valence-corrected chi connectivity index (χ3v) is 5.18. The molecule has 0 atom stereocenters. The number of aromatic amines is 1. The Morgan fingerprint density at radius 2 is 1.91 bits per heavy atom. The molecule has 0 saturated heterocycles. The molecular formula is C24H18F2N4O3. The number of fused-ring (bicyclic) bond motifs is 1. The van der Waals surface area contributed by atoms with Crippen LogP contribution in [-0.2, 0) is 11.2 Å². The van der Waals surface area contributed by atoms with Gasteiger partial charge in [-0.3, -0.25) is 9.89 Å². The maximum atomic E-state index is 14.7. The molecule has 0 aliphatic carbocycles. The molecule has 2 heterocycles. The van der Waals surface area contributed by atoms with Gasteiger partial charge in [-0.15, -0.1) is 0 Å². The van der Waals surface area contributed by atoms with Gasteiger partial charge >= 0.3 is 5.97 Å². The van der Waals surface area contributed by atoms with Crippen molar-refractivity contribution in [2.24, 2.45) is 0 Å². The molecule has 9 heteroatoms. The Morgan fingerprint density at radius 3 is 2.52 bits per heavy atom. The van der Waals surface area contributed by atoms with Crippen LogP contribution >= 0.6 is 0 Å². The number of hydrogen-bond donors (Lipinski definition) is 1. The zero-order chi connectivity index (χ0) is 23.7. The molecule has 1 N–H and O–H groups in total. The molecule has 0 fully saturated rings. The zero-order valence-corrected chi connectivity index (χ0v) is 17.8. The summed E-state index contributed by atoms with van der Waals surface area (Å²) in [6.45, 7) is 3.46. The standard InChI is InChI=1S/C24H18F2N4O3/c1-3-18-19(16-10-9-15(25)11-17(16)26)22-28-21(14-7-5-13(12-27)6-8-14)20(24(32)33-4-2)23(31)30(22)29-18/h5-11,29H,3-4H2,1-2H3. The van der Waals surface area contributed by atoms with Crippen molar-refractivity contribution < 1.29 is 18.3 Å². The third-order valence-electron chi connectivity index (χ3n) is 5.18. The van der Waals surface area contributed by atoms with Gasteiger partial charge in [-0.05, 0) is 37.6 Å². The molecule has 166 valence electrons. The molecular weight excluding hydrogens is 430 g/mol. The van der Waals surface area contributed by atoms with E-state index in [-0.39, 0.29) is 34.6 Å². The van der Waals surface area contributed by atoms with Crippen LogP contribution in [0.2, 0.25) is 0 Å². The maximum absolute atomic E-state index is 14.7. The number of benzene rings is 2. The molecule has 0 saturated carbocycles. The number of carbonyl (C=O) groups is 1. The highest BCUT2D eigenvalue weighted by Crippen LogP contribution is 2.32. The van der Waals surface area contributed by atoms with Crippen LogP contribution in [0.3, 0.4) is 0 Å². The van der Waals surface area contributed by atoms with Gasteiger partial charge in [0.05, 0.1) is 29.5 Å². The SMILES string of the molecule is CCOC(=O)c1c(-c2ccc(C#N)cc2)nc2c(-c3ccc(F)cc3F)c(CC)[nH]n2c1=O. The highest BCUT2D eigenvalue weighted by molar-refractivity contribution is 5.97. The van der Waals surface area contributed by atoms with Gasteiger partial charge in [-0.2, -0.15) is 5.26 Å². The lowest BCUT2D eigenvalue weighted by molar-refractivity contribution is 0.0524. The number of ether oxygens (including phenoxy) is 1. The second-order valence-electron chi connectivity index (χ2n) is 7.15. The predicted molar refractivity (Wildman–Crippen MR) is 117 cm³/mol. The number of halogens is 2. The summed E-state index contributed by atoms with van der Waals surface area (Å²) in [5.41, 5.74) is 0.723. The number of esters is 1. The van der Waals surface area contributed by atoms with Crippen LogP contribution in [0, 0.1) is 23.0 Å². The van der Waals surface area contributed by atoms with E-state index in [4.69, 9.17) is 10.00 Å². The fourth-order valence-electron chi connectivity index (χ4n) is 3.65. The van der Waals surface area contributed by atoms with Gasteiger partial charge in [0.2, 0.25) is 0 Å². The number of H-pyrrole nitrogens is 1. The van der Waals surface area contributed by atoms with E-state index >= 15 is 0 Å². The Bertz CT molecular complexity index is 1480. The van der Waals surface area contributed by atoms with Gasteiger partial charge in [-0.25, -0.2) is 23.1 Å². The van der Waals surface area contributed by atoms with Gasteiger partial charge in [0.1, 0.15) is 11.6 Å². The Hall–Kier alpha value is -4.32. The highest BCUT2D eigenvalue weighted by atomic mass is 19.1. The number of carbonyl (C=O) groups excluding carboxylic acids is 1. The van der Waals surface area contributed by atoms with E-state index in [9.17, 15) is 18.4 Å². The summed E-state index contributed by atoms with van der Waals surface area (Å²) in [7, 11) is 0. The molecule has 33 heavy (non-hydrogen) atoms. The molecule has 0 aliphatic heterocycles. The highest BCUT2D eigenvalue weighted by Gasteiger charge is 2.26. The van der Waals surface area contributed by atoms with Gasteiger partial charge in [0.25, 0.3) is 5.56 Å². The van der Waals surface area contributed by atoms with Crippen LogP contribution in [0.1, 0.15) is 35.5 Å². The monoisotopic (exact) mass is 448 g/mol. The zero-order valence-electron chi connectivity index (χ0n) is 17.8. The van der Waals surface area contributed by atoms with Crippen LogP contribution in [0.5, 0.6) is 0 Å². The van der Waals surface area contributed by atoms with E-state index in [2.05, 4.69) is 10.1 Å². The summed E-state index contributed by atoms with van der Waals surface area (Å²) < 4.78 is 34.4. The summed E-state index contributed by atoms with van der Waals surface area (Å²) in [4.78, 5) is 30.7. The number of rotatable bonds is 5. The van der Waals surface area contributed by atoms with Crippen molar-refractivity contribution in [3.63, 3.8) is 0 Å². The first-order valence-electron chi connectivity index (χ1n) is 10.2. The van der Waals surface area contributed by atoms with Gasteiger partial charge in [0.15, 0.2) is 11.2 Å². The van der Waals surface area contributed by atoms with Crippen LogP contribution in [0.25, 0.3) is 28.0 Å². The lowest BCUT2D eigenvalue weighted by Gasteiger charge is -2.10. The third kappa shape index (κ3) is 3.76. The normalized spacial score (nSPS) is 10.9. The van der Waals surface area contributed by atoms with Crippen molar-refractivity contribution in [3.05, 3.63) is 81.3 Å². The summed E-state index contributed by atoms with van der Waals surface area (Å²) in [6.07, 6.45) is 0.385. The van der Waals surface area contributed by atoms with Crippen molar-refractivity contribution >= 4 is 11.6 Å². The van der Waals surface area contributed by atoms with Crippen molar-refractivity contribution in [1.29, 1.82) is 5.26 Å². The van der Waals surface area contributed by atoms with E-state index in [1.807, 2.05) is 6.07 Å². The van der Waals surface area contributed by atoms with Gasteiger partial charge in [-0.1, -0.05) is 19.1 Å². The molecule has 2 aromatic carbocycles. The number of nitrogens with zero attached hydrogens (tertiary/aromatic N) is 3. The number of hydrogen-bond acceptors (Lipinski definition) is 5. The molecule has 4 aromatic rings. The average Bonchev–Trinajstić information content (AvgIpc) is 3.18. The average molecular weight is 448 g/mol. The lowest BCUT2D eigenvalue weighted by atomic mass is 10.0. The van der Waals surface area contributed by atoms with Crippen LogP contribution in [0.4, 0.5) is 8.78 Å². The second-order valence-corrected chi connectivity index (χ2v) is 7.15. The largest absolute Gasteiger partial charge is 0.462 e. The molecule has 0 radical (unpaired) electrons. The quantitative estimate of drug-likeness (QED) is 0.460. The molecule has 4 rings (SSSR count).